The fourth-order valence-electron chi connectivity index (χ4n) is 1.57. The van der Waals surface area contributed by atoms with E-state index in [-0.39, 0.29) is 42.6 Å². The summed E-state index contributed by atoms with van der Waals surface area (Å²) < 4.78 is 39.8. The van der Waals surface area contributed by atoms with Crippen LogP contribution in [0.3, 0.4) is 0 Å². The summed E-state index contributed by atoms with van der Waals surface area (Å²) in [6, 6.07) is 1.26. The van der Waals surface area contributed by atoms with E-state index < -0.39 is 5.82 Å². The number of ether oxygens (including phenoxy) is 5. The number of halogens is 1. The summed E-state index contributed by atoms with van der Waals surface area (Å²) in [5.41, 5.74) is -0.168. The number of hydrogen-bond acceptors (Lipinski definition) is 6. The van der Waals surface area contributed by atoms with Gasteiger partial charge < -0.3 is 23.7 Å². The standard InChI is InChI=1S/C14H19FO6/c1-17-4-6-20-13-11(19-3)8-10(9-16)12(15)14(13)21-7-5-18-2/h8-9H,4-7H2,1-3H3. The molecule has 0 aliphatic heterocycles. The Morgan fingerprint density at radius 3 is 2.05 bits per heavy atom. The number of aldehydes is 1. The lowest BCUT2D eigenvalue weighted by molar-refractivity contribution is 0.111. The van der Waals surface area contributed by atoms with Gasteiger partial charge in [0, 0.05) is 14.2 Å². The average Bonchev–Trinajstić information content (AvgIpc) is 2.50. The van der Waals surface area contributed by atoms with Crippen molar-refractivity contribution < 1.29 is 32.9 Å². The van der Waals surface area contributed by atoms with Crippen LogP contribution in [0.25, 0.3) is 0 Å². The second kappa shape index (κ2) is 9.15. The zero-order valence-corrected chi connectivity index (χ0v) is 12.3. The molecule has 118 valence electrons. The molecule has 0 N–H and O–H groups in total. The lowest BCUT2D eigenvalue weighted by atomic mass is 10.2. The van der Waals surface area contributed by atoms with Crippen molar-refractivity contribution in [1.82, 2.24) is 0 Å². The molecule has 0 aromatic heterocycles. The van der Waals surface area contributed by atoms with Crippen LogP contribution in [-0.4, -0.2) is 54.0 Å². The predicted octanol–water partition coefficient (Wildman–Crippen LogP) is 1.70. The van der Waals surface area contributed by atoms with Crippen LogP contribution in [0.2, 0.25) is 0 Å². The molecule has 7 heteroatoms. The maximum Gasteiger partial charge on any atom is 0.206 e. The first-order valence-electron chi connectivity index (χ1n) is 6.28. The number of hydrogen-bond donors (Lipinski definition) is 0. The molecule has 0 unspecified atom stereocenters. The summed E-state index contributed by atoms with van der Waals surface area (Å²) >= 11 is 0. The minimum Gasteiger partial charge on any atom is -0.493 e. The predicted molar refractivity (Wildman–Crippen MR) is 73.1 cm³/mol. The number of carbonyl (C=O) groups excluding carboxylic acids is 1. The number of rotatable bonds is 10. The van der Waals surface area contributed by atoms with Crippen LogP contribution in [-0.2, 0) is 9.47 Å². The van der Waals surface area contributed by atoms with E-state index in [1.165, 1.54) is 27.4 Å². The third-order valence-corrected chi connectivity index (χ3v) is 2.58. The van der Waals surface area contributed by atoms with E-state index in [9.17, 15) is 9.18 Å². The molecule has 0 atom stereocenters. The van der Waals surface area contributed by atoms with Crippen LogP contribution >= 0.6 is 0 Å². The monoisotopic (exact) mass is 302 g/mol. The Hall–Kier alpha value is -1.86. The van der Waals surface area contributed by atoms with Gasteiger partial charge in [-0.15, -0.1) is 0 Å². The van der Waals surface area contributed by atoms with E-state index in [0.29, 0.717) is 12.9 Å². The molecule has 0 spiro atoms. The van der Waals surface area contributed by atoms with Crippen molar-refractivity contribution in [2.24, 2.45) is 0 Å². The second-order valence-electron chi connectivity index (χ2n) is 3.94. The van der Waals surface area contributed by atoms with Crippen LogP contribution in [0.5, 0.6) is 17.2 Å². The molecule has 0 saturated carbocycles. The van der Waals surface area contributed by atoms with Gasteiger partial charge in [-0.05, 0) is 6.07 Å². The van der Waals surface area contributed by atoms with Gasteiger partial charge in [0.2, 0.25) is 11.5 Å². The van der Waals surface area contributed by atoms with E-state index in [1.807, 2.05) is 0 Å². The zero-order valence-electron chi connectivity index (χ0n) is 12.3. The van der Waals surface area contributed by atoms with E-state index in [1.54, 1.807) is 0 Å². The van der Waals surface area contributed by atoms with Crippen molar-refractivity contribution in [1.29, 1.82) is 0 Å². The van der Waals surface area contributed by atoms with Gasteiger partial charge in [-0.3, -0.25) is 4.79 Å². The first-order valence-corrected chi connectivity index (χ1v) is 6.28. The molecule has 21 heavy (non-hydrogen) atoms. The van der Waals surface area contributed by atoms with Crippen molar-refractivity contribution in [3.8, 4) is 17.2 Å². The van der Waals surface area contributed by atoms with Crippen LogP contribution < -0.4 is 14.2 Å². The van der Waals surface area contributed by atoms with E-state index in [4.69, 9.17) is 23.7 Å². The molecule has 0 aliphatic rings. The SMILES string of the molecule is COCCOc1c(OC)cc(C=O)c(F)c1OCCOC. The minimum atomic E-state index is -0.797. The van der Waals surface area contributed by atoms with E-state index in [0.717, 1.165) is 0 Å². The van der Waals surface area contributed by atoms with Gasteiger partial charge in [-0.1, -0.05) is 0 Å². The molecule has 1 aromatic carbocycles. The van der Waals surface area contributed by atoms with E-state index >= 15 is 0 Å². The largest absolute Gasteiger partial charge is 0.493 e. The molecular formula is C14H19FO6. The van der Waals surface area contributed by atoms with Gasteiger partial charge in [0.25, 0.3) is 0 Å². The number of benzene rings is 1. The van der Waals surface area contributed by atoms with Crippen molar-refractivity contribution in [2.45, 2.75) is 0 Å². The minimum absolute atomic E-state index is 0.0914. The summed E-state index contributed by atoms with van der Waals surface area (Å²) in [4.78, 5) is 10.9. The Kier molecular flexibility index (Phi) is 7.49. The Balaban J connectivity index is 3.13. The highest BCUT2D eigenvalue weighted by atomic mass is 19.1. The van der Waals surface area contributed by atoms with Gasteiger partial charge in [0.05, 0.1) is 25.9 Å². The van der Waals surface area contributed by atoms with E-state index in [2.05, 4.69) is 0 Å². The van der Waals surface area contributed by atoms with Crippen LogP contribution in [0.1, 0.15) is 10.4 Å². The maximum atomic E-state index is 14.2. The molecule has 0 bridgehead atoms. The molecule has 0 radical (unpaired) electrons. The molecule has 1 aromatic rings. The third kappa shape index (κ3) is 4.57. The topological polar surface area (TPSA) is 63.2 Å². The van der Waals surface area contributed by atoms with Crippen LogP contribution in [0.15, 0.2) is 6.07 Å². The highest BCUT2D eigenvalue weighted by Crippen LogP contribution is 2.41. The Bertz CT molecular complexity index is 463. The summed E-state index contributed by atoms with van der Waals surface area (Å²) in [7, 11) is 4.41. The van der Waals surface area contributed by atoms with Crippen LogP contribution in [0.4, 0.5) is 4.39 Å². The normalized spacial score (nSPS) is 10.3. The Labute approximate surface area is 122 Å². The Morgan fingerprint density at radius 2 is 1.57 bits per heavy atom. The molecule has 1 rings (SSSR count). The molecule has 0 heterocycles. The molecule has 0 aliphatic carbocycles. The van der Waals surface area contributed by atoms with Gasteiger partial charge in [-0.2, -0.15) is 0 Å². The number of methoxy groups -OCH3 is 3. The average molecular weight is 302 g/mol. The van der Waals surface area contributed by atoms with Crippen molar-refractivity contribution in [2.75, 3.05) is 47.8 Å². The molecule has 0 amide bonds. The first-order chi connectivity index (χ1) is 10.2. The van der Waals surface area contributed by atoms with Gasteiger partial charge in [-0.25, -0.2) is 4.39 Å². The van der Waals surface area contributed by atoms with Crippen molar-refractivity contribution in [3.05, 3.63) is 17.4 Å². The quantitative estimate of drug-likeness (QED) is 0.484. The molecule has 0 fully saturated rings. The Morgan fingerprint density at radius 1 is 1.00 bits per heavy atom. The highest BCUT2D eigenvalue weighted by molar-refractivity contribution is 5.79. The second-order valence-corrected chi connectivity index (χ2v) is 3.94. The van der Waals surface area contributed by atoms with Gasteiger partial charge in [0.1, 0.15) is 13.2 Å². The molecule has 6 nitrogen and oxygen atoms in total. The summed E-state index contributed by atoms with van der Waals surface area (Å²) in [6.45, 7) is 0.884. The lowest BCUT2D eigenvalue weighted by Crippen LogP contribution is -2.11. The highest BCUT2D eigenvalue weighted by Gasteiger charge is 2.22. The van der Waals surface area contributed by atoms with Gasteiger partial charge >= 0.3 is 0 Å². The molecule has 0 saturated heterocycles. The first kappa shape index (κ1) is 17.2. The van der Waals surface area contributed by atoms with Crippen molar-refractivity contribution in [3.63, 3.8) is 0 Å². The number of carbonyl (C=O) groups is 1. The van der Waals surface area contributed by atoms with Crippen molar-refractivity contribution >= 4 is 6.29 Å². The fourth-order valence-corrected chi connectivity index (χ4v) is 1.57. The van der Waals surface area contributed by atoms with Gasteiger partial charge in [0.15, 0.2) is 17.9 Å². The van der Waals surface area contributed by atoms with Crippen LogP contribution in [0, 0.1) is 5.82 Å². The summed E-state index contributed by atoms with van der Waals surface area (Å²) in [5.74, 6) is -0.672. The smallest absolute Gasteiger partial charge is 0.206 e. The third-order valence-electron chi connectivity index (χ3n) is 2.58. The summed E-state index contributed by atoms with van der Waals surface area (Å²) in [5, 5.41) is 0. The summed E-state index contributed by atoms with van der Waals surface area (Å²) in [6.07, 6.45) is 0.389. The maximum absolute atomic E-state index is 14.2. The fraction of sp³-hybridized carbons (Fsp3) is 0.500. The lowest BCUT2D eigenvalue weighted by Gasteiger charge is -2.17. The zero-order chi connectivity index (χ0) is 15.7. The molecular weight excluding hydrogens is 283 g/mol.